The minimum absolute atomic E-state index is 0.240. The van der Waals surface area contributed by atoms with Crippen molar-refractivity contribution in [3.63, 3.8) is 0 Å². The highest BCUT2D eigenvalue weighted by Gasteiger charge is 2.33. The van der Waals surface area contributed by atoms with E-state index < -0.39 is 6.10 Å². The standard InChI is InChI=1S/C30H22O4/c1-3-21(31)33-29-19-13-11-17-9-7-15-5-6-16-8-10-18-12-14-20(30(29)34-22(32)4-2)28-26(18)24(16)23(15)25(17)27(19)28/h5-7,9-14,29H,3-4,8H2,1-2H3. The van der Waals surface area contributed by atoms with Gasteiger partial charge < -0.3 is 9.47 Å². The number of carbonyl (C=O) groups is 2. The van der Waals surface area contributed by atoms with Gasteiger partial charge in [-0.2, -0.15) is 0 Å². The number of carbonyl (C=O) groups excluding carboxylic acids is 2. The van der Waals surface area contributed by atoms with E-state index in [0.717, 1.165) is 33.4 Å². The third-order valence-corrected chi connectivity index (χ3v) is 7.40. The largest absolute Gasteiger partial charge is 0.449 e. The van der Waals surface area contributed by atoms with Crippen LogP contribution in [0.3, 0.4) is 0 Å². The second-order valence-corrected chi connectivity index (χ2v) is 9.17. The van der Waals surface area contributed by atoms with E-state index in [1.807, 2.05) is 12.1 Å². The van der Waals surface area contributed by atoms with E-state index in [1.54, 1.807) is 13.8 Å². The van der Waals surface area contributed by atoms with E-state index in [0.29, 0.717) is 5.76 Å². The van der Waals surface area contributed by atoms with E-state index in [1.165, 1.54) is 37.7 Å². The van der Waals surface area contributed by atoms with Crippen molar-refractivity contribution >= 4 is 66.9 Å². The second-order valence-electron chi connectivity index (χ2n) is 9.17. The molecule has 5 aromatic rings. The molecule has 0 bridgehead atoms. The smallest absolute Gasteiger partial charge is 0.310 e. The summed E-state index contributed by atoms with van der Waals surface area (Å²) in [6, 6.07) is 17.0. The first-order chi connectivity index (χ1) is 16.6. The lowest BCUT2D eigenvalue weighted by Gasteiger charge is -2.29. The van der Waals surface area contributed by atoms with E-state index in [-0.39, 0.29) is 24.8 Å². The molecular weight excluding hydrogens is 424 g/mol. The number of benzene rings is 5. The van der Waals surface area contributed by atoms with E-state index in [4.69, 9.17) is 9.47 Å². The zero-order chi connectivity index (χ0) is 23.1. The van der Waals surface area contributed by atoms with Crippen molar-refractivity contribution in [2.45, 2.75) is 39.2 Å². The molecule has 34 heavy (non-hydrogen) atoms. The summed E-state index contributed by atoms with van der Waals surface area (Å²) in [6.45, 7) is 3.54. The van der Waals surface area contributed by atoms with Crippen LogP contribution in [0.2, 0.25) is 0 Å². The maximum atomic E-state index is 12.5. The maximum Gasteiger partial charge on any atom is 0.310 e. The molecule has 0 amide bonds. The van der Waals surface area contributed by atoms with Crippen molar-refractivity contribution < 1.29 is 19.1 Å². The summed E-state index contributed by atoms with van der Waals surface area (Å²) in [7, 11) is 0. The molecule has 7 rings (SSSR count). The predicted octanol–water partition coefficient (Wildman–Crippen LogP) is 5.14. The summed E-state index contributed by atoms with van der Waals surface area (Å²) in [5, 5.41) is 11.5. The highest BCUT2D eigenvalue weighted by Crippen LogP contribution is 2.47. The minimum Gasteiger partial charge on any atom is -0.449 e. The topological polar surface area (TPSA) is 52.6 Å². The zero-order valence-electron chi connectivity index (χ0n) is 19.0. The average Bonchev–Trinajstić information content (AvgIpc) is 2.88. The fourth-order valence-electron chi connectivity index (χ4n) is 5.90. The number of hydrogen-bond donors (Lipinski definition) is 0. The van der Waals surface area contributed by atoms with Crippen LogP contribution in [-0.2, 0) is 25.5 Å². The number of ether oxygens (including phenoxy) is 2. The molecule has 166 valence electrons. The van der Waals surface area contributed by atoms with Crippen molar-refractivity contribution in [3.8, 4) is 0 Å². The summed E-state index contributed by atoms with van der Waals surface area (Å²) >= 11 is 0. The van der Waals surface area contributed by atoms with Gasteiger partial charge in [-0.15, -0.1) is 0 Å². The van der Waals surface area contributed by atoms with Crippen molar-refractivity contribution in [2.24, 2.45) is 0 Å². The van der Waals surface area contributed by atoms with Gasteiger partial charge in [-0.25, -0.2) is 0 Å². The van der Waals surface area contributed by atoms with Crippen LogP contribution in [0.5, 0.6) is 0 Å². The first-order valence-corrected chi connectivity index (χ1v) is 11.9. The van der Waals surface area contributed by atoms with Crippen molar-refractivity contribution in [2.75, 3.05) is 0 Å². The third-order valence-electron chi connectivity index (χ3n) is 7.40. The summed E-state index contributed by atoms with van der Waals surface area (Å²) in [5.41, 5.74) is 2.19. The molecule has 0 heterocycles. The van der Waals surface area contributed by atoms with Gasteiger partial charge in [-0.05, 0) is 54.9 Å². The van der Waals surface area contributed by atoms with Gasteiger partial charge in [0.2, 0.25) is 0 Å². The highest BCUT2D eigenvalue weighted by atomic mass is 16.6. The summed E-state index contributed by atoms with van der Waals surface area (Å²) in [5.74, 6) is -0.252. The monoisotopic (exact) mass is 446 g/mol. The maximum absolute atomic E-state index is 12.5. The molecule has 4 nitrogen and oxygen atoms in total. The summed E-state index contributed by atoms with van der Waals surface area (Å²) in [6.07, 6.45) is 2.89. The van der Waals surface area contributed by atoms with Crippen molar-refractivity contribution in [3.05, 3.63) is 70.1 Å². The molecular formula is C30H22O4. The van der Waals surface area contributed by atoms with E-state index in [9.17, 15) is 9.59 Å². The Balaban J connectivity index is 1.78. The molecule has 0 saturated heterocycles. The SMILES string of the molecule is CCC(=O)OC1=c2ccc3c4c5c(ccc6ccc7ccc(c(c24)c7c65)C1OC(=O)CC)CC=3. The number of esters is 2. The number of hydrogen-bond acceptors (Lipinski definition) is 4. The van der Waals surface area contributed by atoms with Gasteiger partial charge in [0.15, 0.2) is 11.9 Å². The molecule has 0 saturated carbocycles. The van der Waals surface area contributed by atoms with Gasteiger partial charge >= 0.3 is 11.9 Å². The molecule has 0 N–H and O–H groups in total. The van der Waals surface area contributed by atoms with Crippen molar-refractivity contribution in [1.29, 1.82) is 0 Å². The Kier molecular flexibility index (Phi) is 3.91. The minimum atomic E-state index is -0.763. The lowest BCUT2D eigenvalue weighted by molar-refractivity contribution is -0.149. The molecule has 0 aromatic heterocycles. The van der Waals surface area contributed by atoms with Gasteiger partial charge in [0.25, 0.3) is 0 Å². The Hall–Kier alpha value is -3.92. The van der Waals surface area contributed by atoms with E-state index >= 15 is 0 Å². The molecule has 0 aliphatic heterocycles. The lowest BCUT2D eigenvalue weighted by Crippen LogP contribution is -2.28. The molecule has 4 heteroatoms. The summed E-state index contributed by atoms with van der Waals surface area (Å²) < 4.78 is 11.9. The second kappa shape index (κ2) is 6.80. The summed E-state index contributed by atoms with van der Waals surface area (Å²) in [4.78, 5) is 25.0. The Morgan fingerprint density at radius 2 is 1.47 bits per heavy atom. The van der Waals surface area contributed by atoms with Gasteiger partial charge in [0.05, 0.1) is 0 Å². The Bertz CT molecular complexity index is 1840. The quantitative estimate of drug-likeness (QED) is 0.218. The Morgan fingerprint density at radius 3 is 2.24 bits per heavy atom. The molecule has 5 aromatic carbocycles. The van der Waals surface area contributed by atoms with Crippen LogP contribution >= 0.6 is 0 Å². The van der Waals surface area contributed by atoms with Gasteiger partial charge in [-0.1, -0.05) is 68.5 Å². The predicted molar refractivity (Wildman–Crippen MR) is 134 cm³/mol. The molecule has 2 aliphatic rings. The van der Waals surface area contributed by atoms with Gasteiger partial charge in [-0.3, -0.25) is 9.59 Å². The third kappa shape index (κ3) is 2.38. The Morgan fingerprint density at radius 1 is 0.765 bits per heavy atom. The molecule has 1 unspecified atom stereocenters. The van der Waals surface area contributed by atoms with Crippen LogP contribution in [-0.4, -0.2) is 11.9 Å². The highest BCUT2D eigenvalue weighted by molar-refractivity contribution is 6.36. The van der Waals surface area contributed by atoms with Crippen LogP contribution in [0.1, 0.15) is 43.9 Å². The first kappa shape index (κ1) is 19.5. The molecule has 0 fully saturated rings. The van der Waals surface area contributed by atoms with Gasteiger partial charge in [0, 0.05) is 29.0 Å². The van der Waals surface area contributed by atoms with Crippen LogP contribution < -0.4 is 10.4 Å². The molecule has 0 radical (unpaired) electrons. The van der Waals surface area contributed by atoms with Crippen LogP contribution in [0.25, 0.3) is 54.9 Å². The zero-order valence-corrected chi connectivity index (χ0v) is 19.0. The Labute approximate surface area is 195 Å². The fraction of sp³-hybridized carbons (Fsp3) is 0.200. The van der Waals surface area contributed by atoms with Crippen LogP contribution in [0.4, 0.5) is 0 Å². The normalized spacial score (nSPS) is 16.2. The molecule has 2 aliphatic carbocycles. The fourth-order valence-corrected chi connectivity index (χ4v) is 5.90. The first-order valence-electron chi connectivity index (χ1n) is 11.9. The average molecular weight is 447 g/mol. The lowest BCUT2D eigenvalue weighted by atomic mass is 9.79. The molecule has 1 atom stereocenters. The van der Waals surface area contributed by atoms with Crippen LogP contribution in [0.15, 0.2) is 48.5 Å². The molecule has 0 spiro atoms. The van der Waals surface area contributed by atoms with E-state index in [2.05, 4.69) is 42.5 Å². The van der Waals surface area contributed by atoms with Crippen LogP contribution in [0, 0.1) is 0 Å². The van der Waals surface area contributed by atoms with Gasteiger partial charge in [0.1, 0.15) is 0 Å². The van der Waals surface area contributed by atoms with Crippen molar-refractivity contribution in [1.82, 2.24) is 0 Å². The number of rotatable bonds is 4.